The van der Waals surface area contributed by atoms with E-state index in [-0.39, 0.29) is 11.8 Å². The molecule has 0 aromatic heterocycles. The lowest BCUT2D eigenvalue weighted by Crippen LogP contribution is -2.52. The molecule has 1 rings (SSSR count). The van der Waals surface area contributed by atoms with Gasteiger partial charge in [0.25, 0.3) is 0 Å². The molecular formula is C17H25NO3. The first-order valence-corrected chi connectivity index (χ1v) is 7.48. The highest BCUT2D eigenvalue weighted by atomic mass is 16.4. The van der Waals surface area contributed by atoms with E-state index >= 15 is 0 Å². The van der Waals surface area contributed by atoms with Crippen LogP contribution < -0.4 is 5.32 Å². The van der Waals surface area contributed by atoms with Gasteiger partial charge in [-0.05, 0) is 31.2 Å². The normalized spacial score (nSPS) is 15.0. The van der Waals surface area contributed by atoms with Crippen LogP contribution in [-0.4, -0.2) is 22.5 Å². The lowest BCUT2D eigenvalue weighted by molar-refractivity contribution is -0.147. The highest BCUT2D eigenvalue weighted by Gasteiger charge is 2.33. The maximum absolute atomic E-state index is 12.0. The molecule has 4 heteroatoms. The fourth-order valence-electron chi connectivity index (χ4n) is 2.39. The molecule has 116 valence electrons. The molecule has 2 unspecified atom stereocenters. The highest BCUT2D eigenvalue weighted by Crippen LogP contribution is 2.20. The number of amides is 1. The molecule has 0 saturated heterocycles. The summed E-state index contributed by atoms with van der Waals surface area (Å²) in [6.45, 7) is 5.55. The SMILES string of the molecule is CCCC(C)(NC(=O)CCC(C)c1ccccc1)C(=O)O. The van der Waals surface area contributed by atoms with Gasteiger partial charge in [-0.1, -0.05) is 50.6 Å². The minimum atomic E-state index is -1.16. The number of carboxylic acid groups (broad SMARTS) is 1. The number of carbonyl (C=O) groups is 2. The zero-order valence-electron chi connectivity index (χ0n) is 13.1. The molecule has 0 spiro atoms. The van der Waals surface area contributed by atoms with E-state index in [0.29, 0.717) is 25.7 Å². The summed E-state index contributed by atoms with van der Waals surface area (Å²) >= 11 is 0. The fraction of sp³-hybridized carbons (Fsp3) is 0.529. The van der Waals surface area contributed by atoms with Gasteiger partial charge in [-0.3, -0.25) is 4.79 Å². The van der Waals surface area contributed by atoms with Crippen molar-refractivity contribution in [2.75, 3.05) is 0 Å². The zero-order valence-corrected chi connectivity index (χ0v) is 13.1. The molecule has 2 atom stereocenters. The van der Waals surface area contributed by atoms with Crippen LogP contribution >= 0.6 is 0 Å². The number of carbonyl (C=O) groups excluding carboxylic acids is 1. The maximum atomic E-state index is 12.0. The first-order chi connectivity index (χ1) is 9.89. The molecule has 21 heavy (non-hydrogen) atoms. The molecule has 1 amide bonds. The second-order valence-electron chi connectivity index (χ2n) is 5.79. The number of hydrogen-bond acceptors (Lipinski definition) is 2. The first kappa shape index (κ1) is 17.2. The predicted octanol–water partition coefficient (Wildman–Crippen LogP) is 3.33. The van der Waals surface area contributed by atoms with Gasteiger partial charge in [0.15, 0.2) is 0 Å². The Kier molecular flexibility index (Phi) is 6.40. The number of benzene rings is 1. The fourth-order valence-corrected chi connectivity index (χ4v) is 2.39. The van der Waals surface area contributed by atoms with Crippen molar-refractivity contribution in [3.05, 3.63) is 35.9 Å². The molecule has 1 aromatic rings. The largest absolute Gasteiger partial charge is 0.480 e. The van der Waals surface area contributed by atoms with Crippen LogP contribution in [-0.2, 0) is 9.59 Å². The van der Waals surface area contributed by atoms with Gasteiger partial charge < -0.3 is 10.4 Å². The topological polar surface area (TPSA) is 66.4 Å². The van der Waals surface area contributed by atoms with Gasteiger partial charge in [-0.25, -0.2) is 4.79 Å². The van der Waals surface area contributed by atoms with Gasteiger partial charge in [-0.2, -0.15) is 0 Å². The van der Waals surface area contributed by atoms with Crippen LogP contribution in [0, 0.1) is 0 Å². The molecule has 0 fully saturated rings. The summed E-state index contributed by atoms with van der Waals surface area (Å²) in [6.07, 6.45) is 2.19. The molecule has 0 aliphatic rings. The molecule has 0 bridgehead atoms. The third-order valence-electron chi connectivity index (χ3n) is 3.81. The highest BCUT2D eigenvalue weighted by molar-refractivity contribution is 5.86. The summed E-state index contributed by atoms with van der Waals surface area (Å²) in [5.41, 5.74) is 0.0294. The number of aliphatic carboxylic acids is 1. The van der Waals surface area contributed by atoms with Gasteiger partial charge >= 0.3 is 5.97 Å². The smallest absolute Gasteiger partial charge is 0.329 e. The molecule has 0 aliphatic heterocycles. The van der Waals surface area contributed by atoms with Gasteiger partial charge in [0, 0.05) is 6.42 Å². The minimum Gasteiger partial charge on any atom is -0.480 e. The number of rotatable bonds is 8. The first-order valence-electron chi connectivity index (χ1n) is 7.48. The number of carboxylic acids is 1. The zero-order chi connectivity index (χ0) is 15.9. The summed E-state index contributed by atoms with van der Waals surface area (Å²) in [5, 5.41) is 11.9. The van der Waals surface area contributed by atoms with Crippen molar-refractivity contribution in [3.8, 4) is 0 Å². The van der Waals surface area contributed by atoms with Crippen LogP contribution in [0.25, 0.3) is 0 Å². The summed E-state index contributed by atoms with van der Waals surface area (Å²) < 4.78 is 0. The second-order valence-corrected chi connectivity index (χ2v) is 5.79. The third kappa shape index (κ3) is 5.21. The van der Waals surface area contributed by atoms with Crippen LogP contribution in [0.2, 0.25) is 0 Å². The average Bonchev–Trinajstić information content (AvgIpc) is 2.45. The second kappa shape index (κ2) is 7.81. The molecule has 0 aliphatic carbocycles. The molecule has 4 nitrogen and oxygen atoms in total. The molecular weight excluding hydrogens is 266 g/mol. The lowest BCUT2D eigenvalue weighted by Gasteiger charge is -2.26. The van der Waals surface area contributed by atoms with Gasteiger partial charge in [0.05, 0.1) is 0 Å². The molecule has 2 N–H and O–H groups in total. The van der Waals surface area contributed by atoms with Crippen LogP contribution in [0.4, 0.5) is 0 Å². The quantitative estimate of drug-likeness (QED) is 0.772. The van der Waals surface area contributed by atoms with E-state index in [1.807, 2.05) is 37.3 Å². The van der Waals surface area contributed by atoms with Crippen LogP contribution in [0.15, 0.2) is 30.3 Å². The van der Waals surface area contributed by atoms with E-state index in [9.17, 15) is 14.7 Å². The Labute approximate surface area is 126 Å². The molecule has 0 heterocycles. The number of nitrogens with one attached hydrogen (secondary N) is 1. The van der Waals surface area contributed by atoms with Crippen LogP contribution in [0.1, 0.15) is 57.9 Å². The monoisotopic (exact) mass is 291 g/mol. The summed E-state index contributed by atoms with van der Waals surface area (Å²) in [5.74, 6) is -0.899. The Bertz CT molecular complexity index is 472. The summed E-state index contributed by atoms with van der Waals surface area (Å²) in [6, 6.07) is 10.0. The number of hydrogen-bond donors (Lipinski definition) is 2. The van der Waals surface area contributed by atoms with Crippen molar-refractivity contribution in [1.29, 1.82) is 0 Å². The Hall–Kier alpha value is -1.84. The Morgan fingerprint density at radius 1 is 1.29 bits per heavy atom. The Balaban J connectivity index is 2.52. The van der Waals surface area contributed by atoms with E-state index in [0.717, 1.165) is 0 Å². The lowest BCUT2D eigenvalue weighted by atomic mass is 9.94. The van der Waals surface area contributed by atoms with Crippen molar-refractivity contribution in [1.82, 2.24) is 5.32 Å². The van der Waals surface area contributed by atoms with E-state index in [1.54, 1.807) is 6.92 Å². The average molecular weight is 291 g/mol. The van der Waals surface area contributed by atoms with Crippen molar-refractivity contribution >= 4 is 11.9 Å². The minimum absolute atomic E-state index is 0.198. The third-order valence-corrected chi connectivity index (χ3v) is 3.81. The van der Waals surface area contributed by atoms with Gasteiger partial charge in [0.2, 0.25) is 5.91 Å². The Morgan fingerprint density at radius 2 is 1.90 bits per heavy atom. The van der Waals surface area contributed by atoms with E-state index in [1.165, 1.54) is 5.56 Å². The maximum Gasteiger partial charge on any atom is 0.329 e. The van der Waals surface area contributed by atoms with Crippen molar-refractivity contribution in [2.24, 2.45) is 0 Å². The van der Waals surface area contributed by atoms with Crippen molar-refractivity contribution in [2.45, 2.75) is 57.9 Å². The van der Waals surface area contributed by atoms with Crippen molar-refractivity contribution in [3.63, 3.8) is 0 Å². The van der Waals surface area contributed by atoms with Crippen LogP contribution in [0.3, 0.4) is 0 Å². The van der Waals surface area contributed by atoms with Crippen molar-refractivity contribution < 1.29 is 14.7 Å². The van der Waals surface area contributed by atoms with E-state index in [4.69, 9.17) is 0 Å². The molecule has 1 aromatic carbocycles. The summed E-state index contributed by atoms with van der Waals surface area (Å²) in [4.78, 5) is 23.3. The van der Waals surface area contributed by atoms with Crippen LogP contribution in [0.5, 0.6) is 0 Å². The Morgan fingerprint density at radius 3 is 2.43 bits per heavy atom. The van der Waals surface area contributed by atoms with Gasteiger partial charge in [0.1, 0.15) is 5.54 Å². The van der Waals surface area contributed by atoms with E-state index in [2.05, 4.69) is 12.2 Å². The summed E-state index contributed by atoms with van der Waals surface area (Å²) in [7, 11) is 0. The van der Waals surface area contributed by atoms with Gasteiger partial charge in [-0.15, -0.1) is 0 Å². The molecule has 0 saturated carbocycles. The predicted molar refractivity (Wildman–Crippen MR) is 83.2 cm³/mol. The molecule has 0 radical (unpaired) electrons. The standard InChI is InChI=1S/C17H25NO3/c1-4-12-17(3,16(20)21)18-15(19)11-10-13(2)14-8-6-5-7-9-14/h5-9,13H,4,10-12H2,1-3H3,(H,18,19)(H,20,21). The van der Waals surface area contributed by atoms with E-state index < -0.39 is 11.5 Å².